The van der Waals surface area contributed by atoms with Gasteiger partial charge >= 0.3 is 6.18 Å². The number of alkyl halides is 3. The Kier molecular flexibility index (Phi) is 6.59. The van der Waals surface area contributed by atoms with E-state index in [0.29, 0.717) is 5.69 Å². The topological polar surface area (TPSA) is 102 Å². The van der Waals surface area contributed by atoms with Gasteiger partial charge in [-0.2, -0.15) is 17.6 Å². The lowest BCUT2D eigenvalue weighted by Gasteiger charge is -2.39. The van der Waals surface area contributed by atoms with Crippen LogP contribution in [0.25, 0.3) is 0 Å². The lowest BCUT2D eigenvalue weighted by atomic mass is 9.89. The van der Waals surface area contributed by atoms with Crippen molar-refractivity contribution in [1.29, 1.82) is 0 Å². The van der Waals surface area contributed by atoms with Crippen LogP contribution < -0.4 is 10.6 Å². The van der Waals surface area contributed by atoms with Crippen molar-refractivity contribution in [2.45, 2.75) is 38.4 Å². The Morgan fingerprint density at radius 2 is 1.79 bits per heavy atom. The maximum Gasteiger partial charge on any atom is 0.411 e. The van der Waals surface area contributed by atoms with Gasteiger partial charge in [-0.1, -0.05) is 0 Å². The summed E-state index contributed by atoms with van der Waals surface area (Å²) in [5.74, 6) is -4.01. The highest BCUT2D eigenvalue weighted by atomic mass is 19.4. The highest BCUT2D eigenvalue weighted by Gasteiger charge is 2.56. The van der Waals surface area contributed by atoms with E-state index in [1.54, 1.807) is 0 Å². The lowest BCUT2D eigenvalue weighted by molar-refractivity contribution is -0.216. The van der Waals surface area contributed by atoms with Crippen LogP contribution in [0.1, 0.15) is 44.9 Å². The van der Waals surface area contributed by atoms with Crippen LogP contribution >= 0.6 is 0 Å². The quantitative estimate of drug-likeness (QED) is 0.303. The molecule has 178 valence electrons. The van der Waals surface area contributed by atoms with Crippen LogP contribution in [-0.4, -0.2) is 52.1 Å². The predicted molar refractivity (Wildman–Crippen MR) is 108 cm³/mol. The number of ether oxygens (including phenoxy) is 1. The number of hydrogen-bond donors (Lipinski definition) is 2. The predicted octanol–water partition coefficient (Wildman–Crippen LogP) is 2.84. The number of aromatic nitrogens is 2. The van der Waals surface area contributed by atoms with Gasteiger partial charge in [0.1, 0.15) is 5.54 Å². The summed E-state index contributed by atoms with van der Waals surface area (Å²) in [4.78, 5) is 41.7. The summed E-state index contributed by atoms with van der Waals surface area (Å²) in [7, 11) is 1.42. The van der Waals surface area contributed by atoms with E-state index in [1.807, 2.05) is 5.32 Å². The average molecular weight is 470 g/mol. The first kappa shape index (κ1) is 24.4. The largest absolute Gasteiger partial charge is 0.411 e. The fourth-order valence-electron chi connectivity index (χ4n) is 3.86. The highest BCUT2D eigenvalue weighted by molar-refractivity contribution is 6.43. The number of ketones is 1. The molecule has 1 saturated heterocycles. The number of pyridine rings is 1. The van der Waals surface area contributed by atoms with Crippen molar-refractivity contribution in [3.8, 4) is 0 Å². The smallest absolute Gasteiger partial charge is 0.381 e. The van der Waals surface area contributed by atoms with Crippen molar-refractivity contribution in [2.24, 2.45) is 7.05 Å². The zero-order valence-electron chi connectivity index (χ0n) is 18.1. The molecule has 1 aliphatic heterocycles. The second kappa shape index (κ2) is 8.93. The standard InChI is InChI=1S/C21H22F4N4O4/c1-11-15(18(31)27-13-4-5-14(22)26-10-13)12(2)29(3)16(11)17(30)19(32)28-20(21(23,24)25)6-8-33-9-7-20/h4-5,10H,6-9H2,1-3H3,(H,27,31)(H,28,32). The Hall–Kier alpha value is -3.28. The molecule has 0 unspecified atom stereocenters. The van der Waals surface area contributed by atoms with E-state index in [0.717, 1.165) is 12.3 Å². The monoisotopic (exact) mass is 470 g/mol. The maximum absolute atomic E-state index is 13.7. The van der Waals surface area contributed by atoms with Crippen molar-refractivity contribution in [3.05, 3.63) is 46.8 Å². The summed E-state index contributed by atoms with van der Waals surface area (Å²) < 4.78 is 60.4. The van der Waals surface area contributed by atoms with Crippen LogP contribution in [0, 0.1) is 19.8 Å². The third-order valence-electron chi connectivity index (χ3n) is 5.81. The Morgan fingerprint density at radius 1 is 1.15 bits per heavy atom. The average Bonchev–Trinajstić information content (AvgIpc) is 2.97. The number of nitrogens with zero attached hydrogens (tertiary/aromatic N) is 2. The number of carbonyl (C=O) groups excluding carboxylic acids is 3. The minimum atomic E-state index is -4.78. The number of amides is 2. The first-order valence-electron chi connectivity index (χ1n) is 9.98. The van der Waals surface area contributed by atoms with Crippen molar-refractivity contribution in [1.82, 2.24) is 14.9 Å². The molecule has 2 amide bonds. The molecule has 3 heterocycles. The van der Waals surface area contributed by atoms with E-state index in [1.165, 1.54) is 31.5 Å². The molecular formula is C21H22F4N4O4. The van der Waals surface area contributed by atoms with E-state index in [9.17, 15) is 31.9 Å². The molecule has 1 fully saturated rings. The number of carbonyl (C=O) groups is 3. The first-order chi connectivity index (χ1) is 15.4. The van der Waals surface area contributed by atoms with E-state index >= 15 is 0 Å². The fourth-order valence-corrected chi connectivity index (χ4v) is 3.86. The summed E-state index contributed by atoms with van der Waals surface area (Å²) in [6, 6.07) is 2.34. The fraction of sp³-hybridized carbons (Fsp3) is 0.429. The molecule has 3 rings (SSSR count). The van der Waals surface area contributed by atoms with Gasteiger partial charge in [-0.25, -0.2) is 4.98 Å². The van der Waals surface area contributed by atoms with Gasteiger partial charge in [0, 0.05) is 38.8 Å². The van der Waals surface area contributed by atoms with Crippen molar-refractivity contribution >= 4 is 23.3 Å². The van der Waals surface area contributed by atoms with Crippen LogP contribution in [0.5, 0.6) is 0 Å². The molecule has 8 nitrogen and oxygen atoms in total. The van der Waals surface area contributed by atoms with Gasteiger partial charge in [0.25, 0.3) is 17.6 Å². The first-order valence-corrected chi connectivity index (χ1v) is 9.98. The molecule has 12 heteroatoms. The van der Waals surface area contributed by atoms with Gasteiger partial charge in [-0.05, 0) is 31.5 Å². The molecule has 2 aromatic rings. The summed E-state index contributed by atoms with van der Waals surface area (Å²) in [6.07, 6.45) is -4.70. The van der Waals surface area contributed by atoms with E-state index in [4.69, 9.17) is 4.74 Å². The molecule has 1 aliphatic rings. The number of rotatable bonds is 5. The molecule has 0 atom stereocenters. The molecule has 0 bridgehead atoms. The van der Waals surface area contributed by atoms with Gasteiger partial charge in [0.2, 0.25) is 5.95 Å². The second-order valence-electron chi connectivity index (χ2n) is 7.79. The zero-order valence-corrected chi connectivity index (χ0v) is 18.1. The maximum atomic E-state index is 13.7. The van der Waals surface area contributed by atoms with Crippen molar-refractivity contribution < 1.29 is 36.7 Å². The number of Topliss-reactive ketones (excluding diaryl/α,β-unsaturated/α-hetero) is 1. The Bertz CT molecular complexity index is 1090. The number of hydrogen-bond acceptors (Lipinski definition) is 5. The number of anilines is 1. The third kappa shape index (κ3) is 4.61. The van der Waals surface area contributed by atoms with Crippen LogP contribution in [0.15, 0.2) is 18.3 Å². The van der Waals surface area contributed by atoms with Crippen LogP contribution in [-0.2, 0) is 16.6 Å². The van der Waals surface area contributed by atoms with Gasteiger partial charge in [-0.15, -0.1) is 0 Å². The van der Waals surface area contributed by atoms with Crippen molar-refractivity contribution in [3.63, 3.8) is 0 Å². The second-order valence-corrected chi connectivity index (χ2v) is 7.79. The Morgan fingerprint density at radius 3 is 2.33 bits per heavy atom. The summed E-state index contributed by atoms with van der Waals surface area (Å²) in [6.45, 7) is 2.52. The van der Waals surface area contributed by atoms with Crippen molar-refractivity contribution in [2.75, 3.05) is 18.5 Å². The normalized spacial score (nSPS) is 15.7. The molecule has 0 saturated carbocycles. The summed E-state index contributed by atoms with van der Waals surface area (Å²) in [5, 5.41) is 4.39. The van der Waals surface area contributed by atoms with Crippen LogP contribution in [0.4, 0.5) is 23.2 Å². The number of nitrogens with one attached hydrogen (secondary N) is 2. The van der Waals surface area contributed by atoms with E-state index in [-0.39, 0.29) is 35.7 Å². The molecule has 33 heavy (non-hydrogen) atoms. The summed E-state index contributed by atoms with van der Waals surface area (Å²) in [5.41, 5.74) is -2.08. The Labute approximate surface area is 186 Å². The Balaban J connectivity index is 1.88. The molecule has 0 spiro atoms. The molecular weight excluding hydrogens is 448 g/mol. The van der Waals surface area contributed by atoms with Gasteiger partial charge in [0.05, 0.1) is 23.1 Å². The van der Waals surface area contributed by atoms with E-state index < -0.39 is 48.1 Å². The SMILES string of the molecule is Cc1c(C(=O)Nc2ccc(F)nc2)c(C)n(C)c1C(=O)C(=O)NC1(C(F)(F)F)CCOCC1. The minimum absolute atomic E-state index is 0.0644. The lowest BCUT2D eigenvalue weighted by Crippen LogP contribution is -2.62. The van der Waals surface area contributed by atoms with E-state index in [2.05, 4.69) is 10.3 Å². The van der Waals surface area contributed by atoms with Crippen LogP contribution in [0.3, 0.4) is 0 Å². The molecule has 0 aliphatic carbocycles. The highest BCUT2D eigenvalue weighted by Crippen LogP contribution is 2.38. The molecule has 0 aromatic carbocycles. The summed E-state index contributed by atoms with van der Waals surface area (Å²) >= 11 is 0. The number of halogens is 4. The molecule has 2 aromatic heterocycles. The molecule has 0 radical (unpaired) electrons. The van der Waals surface area contributed by atoms with Gasteiger partial charge in [0.15, 0.2) is 0 Å². The van der Waals surface area contributed by atoms with Crippen LogP contribution in [0.2, 0.25) is 0 Å². The van der Waals surface area contributed by atoms with Gasteiger partial charge < -0.3 is 19.9 Å². The minimum Gasteiger partial charge on any atom is -0.381 e. The molecule has 2 N–H and O–H groups in total. The van der Waals surface area contributed by atoms with Gasteiger partial charge in [-0.3, -0.25) is 14.4 Å². The third-order valence-corrected chi connectivity index (χ3v) is 5.81. The zero-order chi connectivity index (χ0) is 24.6.